The van der Waals surface area contributed by atoms with Crippen LogP contribution in [-0.4, -0.2) is 26.9 Å². The van der Waals surface area contributed by atoms with Gasteiger partial charge in [0.1, 0.15) is 11.1 Å². The lowest BCUT2D eigenvalue weighted by molar-refractivity contribution is -0.119. The first-order valence-corrected chi connectivity index (χ1v) is 11.3. The number of esters is 1. The molecule has 0 atom stereocenters. The number of nitrogens with zero attached hydrogens (tertiary/aromatic N) is 1. The Hall–Kier alpha value is -3.52. The van der Waals surface area contributed by atoms with Crippen molar-refractivity contribution in [3.8, 4) is 6.07 Å². The number of rotatable bonds is 8. The quantitative estimate of drug-likeness (QED) is 0.503. The number of benzene rings is 2. The number of carbonyl (C=O) groups is 2. The summed E-state index contributed by atoms with van der Waals surface area (Å²) in [6.07, 6.45) is 0. The van der Waals surface area contributed by atoms with Crippen LogP contribution in [-0.2, 0) is 26.1 Å². The zero-order valence-corrected chi connectivity index (χ0v) is 17.7. The van der Waals surface area contributed by atoms with Crippen molar-refractivity contribution in [2.75, 3.05) is 11.9 Å². The molecular formula is C21H17N3O5S2. The molecule has 1 amide bonds. The van der Waals surface area contributed by atoms with Crippen LogP contribution in [0.1, 0.15) is 21.5 Å². The highest BCUT2D eigenvalue weighted by Crippen LogP contribution is 2.22. The first-order valence-electron chi connectivity index (χ1n) is 8.97. The Morgan fingerprint density at radius 2 is 1.84 bits per heavy atom. The highest BCUT2D eigenvalue weighted by Gasteiger charge is 2.18. The fourth-order valence-electron chi connectivity index (χ4n) is 2.52. The van der Waals surface area contributed by atoms with Gasteiger partial charge in [-0.3, -0.25) is 4.79 Å². The summed E-state index contributed by atoms with van der Waals surface area (Å²) >= 11 is 1.17. The van der Waals surface area contributed by atoms with E-state index in [1.54, 1.807) is 35.7 Å². The van der Waals surface area contributed by atoms with E-state index in [1.807, 2.05) is 12.1 Å². The van der Waals surface area contributed by atoms with Gasteiger partial charge in [0.2, 0.25) is 10.0 Å². The maximum Gasteiger partial charge on any atom is 0.338 e. The summed E-state index contributed by atoms with van der Waals surface area (Å²) in [7, 11) is -3.85. The first kappa shape index (κ1) is 22.2. The molecule has 31 heavy (non-hydrogen) atoms. The molecule has 0 radical (unpaired) electrons. The second-order valence-corrected chi connectivity index (χ2v) is 8.92. The van der Waals surface area contributed by atoms with Crippen LogP contribution in [0.2, 0.25) is 0 Å². The SMILES string of the molecule is N#Cc1ccsc1NC(=O)COC(=O)c1cccc(S(=O)(=O)NCc2ccccc2)c1. The number of amides is 1. The molecule has 3 aromatic rings. The smallest absolute Gasteiger partial charge is 0.338 e. The van der Waals surface area contributed by atoms with Gasteiger partial charge in [0.05, 0.1) is 16.0 Å². The van der Waals surface area contributed by atoms with E-state index in [0.717, 1.165) is 5.56 Å². The van der Waals surface area contributed by atoms with Crippen LogP contribution >= 0.6 is 11.3 Å². The molecule has 0 unspecified atom stereocenters. The summed E-state index contributed by atoms with van der Waals surface area (Å²) in [5.74, 6) is -1.46. The zero-order chi connectivity index (χ0) is 22.3. The molecule has 2 aromatic carbocycles. The fraction of sp³-hybridized carbons (Fsp3) is 0.0952. The first-order chi connectivity index (χ1) is 14.9. The lowest BCUT2D eigenvalue weighted by Gasteiger charge is -2.09. The van der Waals surface area contributed by atoms with Crippen molar-refractivity contribution < 1.29 is 22.7 Å². The Balaban J connectivity index is 1.60. The van der Waals surface area contributed by atoms with Crippen molar-refractivity contribution in [3.05, 3.63) is 82.7 Å². The van der Waals surface area contributed by atoms with Crippen LogP contribution in [0.3, 0.4) is 0 Å². The lowest BCUT2D eigenvalue weighted by Crippen LogP contribution is -2.24. The molecule has 1 heterocycles. The molecule has 2 N–H and O–H groups in total. The van der Waals surface area contributed by atoms with E-state index < -0.39 is 28.5 Å². The van der Waals surface area contributed by atoms with Crippen LogP contribution in [0.4, 0.5) is 5.00 Å². The minimum atomic E-state index is -3.85. The molecule has 0 fully saturated rings. The summed E-state index contributed by atoms with van der Waals surface area (Å²) in [4.78, 5) is 24.1. The molecule has 158 valence electrons. The van der Waals surface area contributed by atoms with Crippen LogP contribution in [0.5, 0.6) is 0 Å². The standard InChI is InChI=1S/C21H17N3O5S2/c22-12-17-9-10-30-20(17)24-19(25)14-29-21(26)16-7-4-8-18(11-16)31(27,28)23-13-15-5-2-1-3-6-15/h1-11,23H,13-14H2,(H,24,25). The van der Waals surface area contributed by atoms with Crippen molar-refractivity contribution in [2.45, 2.75) is 11.4 Å². The summed E-state index contributed by atoms with van der Waals surface area (Å²) in [6, 6.07) is 17.9. The average Bonchev–Trinajstić information content (AvgIpc) is 3.24. The minimum Gasteiger partial charge on any atom is -0.452 e. The molecule has 0 aliphatic carbocycles. The number of nitriles is 1. The Kier molecular flexibility index (Phi) is 7.15. The second-order valence-electron chi connectivity index (χ2n) is 6.24. The molecule has 8 nitrogen and oxygen atoms in total. The number of hydrogen-bond donors (Lipinski definition) is 2. The van der Waals surface area contributed by atoms with Gasteiger partial charge < -0.3 is 10.1 Å². The summed E-state index contributed by atoms with van der Waals surface area (Å²) in [5, 5.41) is 13.5. The van der Waals surface area contributed by atoms with Gasteiger partial charge in [0, 0.05) is 6.54 Å². The van der Waals surface area contributed by atoms with E-state index >= 15 is 0 Å². The number of nitrogens with one attached hydrogen (secondary N) is 2. The largest absolute Gasteiger partial charge is 0.452 e. The Labute approximate surface area is 183 Å². The van der Waals surface area contributed by atoms with E-state index in [9.17, 15) is 18.0 Å². The number of sulfonamides is 1. The van der Waals surface area contributed by atoms with Gasteiger partial charge in [-0.05, 0) is 35.2 Å². The van der Waals surface area contributed by atoms with E-state index in [-0.39, 0.29) is 17.0 Å². The third-order valence-electron chi connectivity index (χ3n) is 4.06. The summed E-state index contributed by atoms with van der Waals surface area (Å²) in [6.45, 7) is -0.476. The molecule has 3 rings (SSSR count). The molecule has 0 aliphatic rings. The van der Waals surface area contributed by atoms with E-state index in [4.69, 9.17) is 10.00 Å². The second kappa shape index (κ2) is 9.99. The number of hydrogen-bond acceptors (Lipinski definition) is 7. The third kappa shape index (κ3) is 5.99. The Bertz CT molecular complexity index is 1230. The number of carbonyl (C=O) groups excluding carboxylic acids is 2. The predicted molar refractivity (Wildman–Crippen MR) is 115 cm³/mol. The van der Waals surface area contributed by atoms with Gasteiger partial charge in [-0.1, -0.05) is 36.4 Å². The van der Waals surface area contributed by atoms with E-state index in [1.165, 1.54) is 35.6 Å². The maximum atomic E-state index is 12.5. The van der Waals surface area contributed by atoms with Crippen molar-refractivity contribution in [2.24, 2.45) is 0 Å². The van der Waals surface area contributed by atoms with Crippen molar-refractivity contribution in [3.63, 3.8) is 0 Å². The van der Waals surface area contributed by atoms with Crippen LogP contribution in [0.15, 0.2) is 70.9 Å². The molecular weight excluding hydrogens is 438 g/mol. The van der Waals surface area contributed by atoms with Gasteiger partial charge >= 0.3 is 5.97 Å². The highest BCUT2D eigenvalue weighted by atomic mass is 32.2. The van der Waals surface area contributed by atoms with Crippen LogP contribution in [0.25, 0.3) is 0 Å². The van der Waals surface area contributed by atoms with Crippen molar-refractivity contribution in [1.29, 1.82) is 5.26 Å². The number of anilines is 1. The number of ether oxygens (including phenoxy) is 1. The fourth-order valence-corrected chi connectivity index (χ4v) is 4.34. The topological polar surface area (TPSA) is 125 Å². The summed E-state index contributed by atoms with van der Waals surface area (Å²) < 4.78 is 32.5. The normalized spacial score (nSPS) is 10.8. The van der Waals surface area contributed by atoms with Gasteiger partial charge in [0.15, 0.2) is 6.61 Å². The third-order valence-corrected chi connectivity index (χ3v) is 6.29. The molecule has 0 spiro atoms. The molecule has 10 heteroatoms. The average molecular weight is 456 g/mol. The van der Waals surface area contributed by atoms with Gasteiger partial charge in [-0.2, -0.15) is 5.26 Å². The van der Waals surface area contributed by atoms with Gasteiger partial charge in [-0.15, -0.1) is 11.3 Å². The van der Waals surface area contributed by atoms with Crippen LogP contribution in [0, 0.1) is 11.3 Å². The molecule has 0 saturated carbocycles. The van der Waals surface area contributed by atoms with Crippen LogP contribution < -0.4 is 10.0 Å². The van der Waals surface area contributed by atoms with E-state index in [2.05, 4.69) is 10.0 Å². The minimum absolute atomic E-state index is 0.00998. The van der Waals surface area contributed by atoms with Crippen molar-refractivity contribution >= 4 is 38.2 Å². The van der Waals surface area contributed by atoms with Gasteiger partial charge in [-0.25, -0.2) is 17.9 Å². The Morgan fingerprint density at radius 1 is 1.06 bits per heavy atom. The highest BCUT2D eigenvalue weighted by molar-refractivity contribution is 7.89. The lowest BCUT2D eigenvalue weighted by atomic mass is 10.2. The van der Waals surface area contributed by atoms with Gasteiger partial charge in [0.25, 0.3) is 5.91 Å². The maximum absolute atomic E-state index is 12.5. The van der Waals surface area contributed by atoms with E-state index in [0.29, 0.717) is 10.6 Å². The zero-order valence-electron chi connectivity index (χ0n) is 16.1. The Morgan fingerprint density at radius 3 is 2.58 bits per heavy atom. The molecule has 0 aliphatic heterocycles. The van der Waals surface area contributed by atoms with Crippen molar-refractivity contribution in [1.82, 2.24) is 4.72 Å². The summed E-state index contributed by atoms with van der Waals surface area (Å²) in [5.41, 5.74) is 1.09. The monoisotopic (exact) mass is 455 g/mol. The molecule has 0 saturated heterocycles. The molecule has 0 bridgehead atoms. The molecule has 1 aromatic heterocycles. The number of thiophene rings is 1. The predicted octanol–water partition coefficient (Wildman–Crippen LogP) is 2.89.